The second kappa shape index (κ2) is 5.17. The average Bonchev–Trinajstić information content (AvgIpc) is 2.42. The normalized spacial score (nSPS) is 10.5. The Bertz CT molecular complexity index is 643. The van der Waals surface area contributed by atoms with Gasteiger partial charge in [-0.25, -0.2) is 18.6 Å². The molecule has 0 aliphatic heterocycles. The van der Waals surface area contributed by atoms with Gasteiger partial charge in [-0.3, -0.25) is 0 Å². The van der Waals surface area contributed by atoms with E-state index in [0.717, 1.165) is 12.1 Å². The van der Waals surface area contributed by atoms with Crippen LogP contribution in [0, 0.1) is 11.6 Å². The number of hydrogen-bond acceptors (Lipinski definition) is 4. The number of carbonyl (C=O) groups excluding carboxylic acids is 1. The first-order valence-corrected chi connectivity index (χ1v) is 5.58. The zero-order valence-electron chi connectivity index (χ0n) is 10.4. The monoisotopic (exact) mass is 267 g/mol. The van der Waals surface area contributed by atoms with Crippen molar-refractivity contribution in [1.82, 2.24) is 4.98 Å². The summed E-state index contributed by atoms with van der Waals surface area (Å²) in [5.74, 6) is -2.08. The van der Waals surface area contributed by atoms with Gasteiger partial charge in [0.15, 0.2) is 5.69 Å². The van der Waals surface area contributed by atoms with Gasteiger partial charge in [0.25, 0.3) is 0 Å². The number of ether oxygens (including phenoxy) is 2. The molecule has 0 N–H and O–H groups in total. The third-order valence-electron chi connectivity index (χ3n) is 2.52. The molecule has 0 fully saturated rings. The number of pyridine rings is 1. The highest BCUT2D eigenvalue weighted by molar-refractivity contribution is 5.94. The van der Waals surface area contributed by atoms with Gasteiger partial charge in [-0.05, 0) is 19.1 Å². The van der Waals surface area contributed by atoms with Crippen molar-refractivity contribution >= 4 is 16.9 Å². The van der Waals surface area contributed by atoms with Gasteiger partial charge in [0, 0.05) is 6.07 Å². The molecule has 0 saturated carbocycles. The molecule has 2 aromatic rings. The zero-order valence-corrected chi connectivity index (χ0v) is 10.4. The van der Waals surface area contributed by atoms with Crippen LogP contribution in [0.25, 0.3) is 10.9 Å². The molecule has 4 nitrogen and oxygen atoms in total. The lowest BCUT2D eigenvalue weighted by molar-refractivity contribution is 0.0594. The van der Waals surface area contributed by atoms with Crippen LogP contribution in [0.1, 0.15) is 17.4 Å². The maximum atomic E-state index is 13.8. The third kappa shape index (κ3) is 2.33. The van der Waals surface area contributed by atoms with Crippen LogP contribution in [-0.2, 0) is 4.74 Å². The Balaban J connectivity index is 2.79. The lowest BCUT2D eigenvalue weighted by Crippen LogP contribution is -2.07. The molecule has 0 saturated heterocycles. The standard InChI is InChI=1S/C13H11F2NO3/c1-3-19-10-6-9(13(17)18-2)16-12-8(15)5-4-7(14)11(10)12/h4-6H,3H2,1-2H3. The van der Waals surface area contributed by atoms with Crippen LogP contribution < -0.4 is 4.74 Å². The van der Waals surface area contributed by atoms with E-state index < -0.39 is 17.6 Å². The minimum absolute atomic E-state index is 0.0601. The summed E-state index contributed by atoms with van der Waals surface area (Å²) < 4.78 is 37.2. The van der Waals surface area contributed by atoms with E-state index in [2.05, 4.69) is 9.72 Å². The van der Waals surface area contributed by atoms with E-state index in [4.69, 9.17) is 4.74 Å². The van der Waals surface area contributed by atoms with Gasteiger partial charge in [0.1, 0.15) is 22.9 Å². The molecule has 100 valence electrons. The van der Waals surface area contributed by atoms with E-state index in [9.17, 15) is 13.6 Å². The van der Waals surface area contributed by atoms with Gasteiger partial charge in [0.05, 0.1) is 19.1 Å². The molecular formula is C13H11F2NO3. The Labute approximate surface area is 108 Å². The van der Waals surface area contributed by atoms with Crippen LogP contribution >= 0.6 is 0 Å². The van der Waals surface area contributed by atoms with Crippen molar-refractivity contribution in [2.24, 2.45) is 0 Å². The molecule has 19 heavy (non-hydrogen) atoms. The van der Waals surface area contributed by atoms with E-state index in [1.54, 1.807) is 6.92 Å². The van der Waals surface area contributed by atoms with Gasteiger partial charge in [0.2, 0.25) is 0 Å². The number of methoxy groups -OCH3 is 1. The van der Waals surface area contributed by atoms with Gasteiger partial charge >= 0.3 is 5.97 Å². The number of hydrogen-bond donors (Lipinski definition) is 0. The second-order valence-corrected chi connectivity index (χ2v) is 3.68. The first kappa shape index (κ1) is 13.2. The lowest BCUT2D eigenvalue weighted by Gasteiger charge is -2.10. The minimum atomic E-state index is -0.744. The Morgan fingerprint density at radius 2 is 2.00 bits per heavy atom. The lowest BCUT2D eigenvalue weighted by atomic mass is 10.1. The summed E-state index contributed by atoms with van der Waals surface area (Å²) in [4.78, 5) is 15.2. The number of halogens is 2. The number of fused-ring (bicyclic) bond motifs is 1. The first-order valence-electron chi connectivity index (χ1n) is 5.58. The van der Waals surface area contributed by atoms with E-state index in [1.165, 1.54) is 13.2 Å². The fourth-order valence-electron chi connectivity index (χ4n) is 1.71. The van der Waals surface area contributed by atoms with Gasteiger partial charge in [-0.2, -0.15) is 0 Å². The van der Waals surface area contributed by atoms with E-state index in [-0.39, 0.29) is 29.0 Å². The topological polar surface area (TPSA) is 48.4 Å². The zero-order chi connectivity index (χ0) is 14.0. The van der Waals surface area contributed by atoms with Crippen LogP contribution in [0.4, 0.5) is 8.78 Å². The summed E-state index contributed by atoms with van der Waals surface area (Å²) in [5, 5.41) is -0.0884. The number of nitrogens with zero attached hydrogens (tertiary/aromatic N) is 1. The summed E-state index contributed by atoms with van der Waals surface area (Å²) >= 11 is 0. The number of benzene rings is 1. The van der Waals surface area contributed by atoms with Crippen molar-refractivity contribution in [3.05, 3.63) is 35.5 Å². The molecule has 1 aromatic carbocycles. The predicted molar refractivity (Wildman–Crippen MR) is 64.2 cm³/mol. The summed E-state index contributed by atoms with van der Waals surface area (Å²) in [6.07, 6.45) is 0. The first-order chi connectivity index (χ1) is 9.08. The van der Waals surface area contributed by atoms with Gasteiger partial charge < -0.3 is 9.47 Å². The fraction of sp³-hybridized carbons (Fsp3) is 0.231. The van der Waals surface area contributed by atoms with Crippen LogP contribution in [-0.4, -0.2) is 24.7 Å². The Hall–Kier alpha value is -2.24. The molecule has 0 amide bonds. The number of esters is 1. The van der Waals surface area contributed by atoms with Gasteiger partial charge in [-0.15, -0.1) is 0 Å². The minimum Gasteiger partial charge on any atom is -0.493 e. The van der Waals surface area contributed by atoms with Crippen molar-refractivity contribution in [2.75, 3.05) is 13.7 Å². The highest BCUT2D eigenvalue weighted by Crippen LogP contribution is 2.30. The van der Waals surface area contributed by atoms with Crippen molar-refractivity contribution in [1.29, 1.82) is 0 Å². The summed E-state index contributed by atoms with van der Waals surface area (Å²) in [6, 6.07) is 3.17. The summed E-state index contributed by atoms with van der Waals surface area (Å²) in [5.41, 5.74) is -0.394. The molecule has 0 spiro atoms. The quantitative estimate of drug-likeness (QED) is 0.802. The number of rotatable bonds is 3. The maximum Gasteiger partial charge on any atom is 0.356 e. The van der Waals surface area contributed by atoms with Crippen LogP contribution in [0.15, 0.2) is 18.2 Å². The second-order valence-electron chi connectivity index (χ2n) is 3.68. The SMILES string of the molecule is CCOc1cc(C(=O)OC)nc2c(F)ccc(F)c12. The smallest absolute Gasteiger partial charge is 0.356 e. The molecule has 0 aliphatic carbocycles. The molecule has 0 radical (unpaired) electrons. The Morgan fingerprint density at radius 3 is 2.63 bits per heavy atom. The molecule has 1 aromatic heterocycles. The molecule has 6 heteroatoms. The molecular weight excluding hydrogens is 256 g/mol. The average molecular weight is 267 g/mol. The van der Waals surface area contributed by atoms with Crippen molar-refractivity contribution in [3.8, 4) is 5.75 Å². The Kier molecular flexibility index (Phi) is 3.59. The van der Waals surface area contributed by atoms with Crippen molar-refractivity contribution < 1.29 is 23.0 Å². The van der Waals surface area contributed by atoms with Crippen LogP contribution in [0.3, 0.4) is 0 Å². The van der Waals surface area contributed by atoms with Gasteiger partial charge in [-0.1, -0.05) is 0 Å². The highest BCUT2D eigenvalue weighted by atomic mass is 19.1. The summed E-state index contributed by atoms with van der Waals surface area (Å²) in [6.45, 7) is 1.94. The largest absolute Gasteiger partial charge is 0.493 e. The Morgan fingerprint density at radius 1 is 1.32 bits per heavy atom. The molecule has 2 rings (SSSR count). The molecule has 0 bridgehead atoms. The van der Waals surface area contributed by atoms with Crippen molar-refractivity contribution in [3.63, 3.8) is 0 Å². The predicted octanol–water partition coefficient (Wildman–Crippen LogP) is 2.70. The van der Waals surface area contributed by atoms with Crippen LogP contribution in [0.2, 0.25) is 0 Å². The molecule has 0 unspecified atom stereocenters. The van der Waals surface area contributed by atoms with E-state index >= 15 is 0 Å². The maximum absolute atomic E-state index is 13.8. The van der Waals surface area contributed by atoms with Crippen LogP contribution in [0.5, 0.6) is 5.75 Å². The van der Waals surface area contributed by atoms with Crippen molar-refractivity contribution in [2.45, 2.75) is 6.92 Å². The highest BCUT2D eigenvalue weighted by Gasteiger charge is 2.18. The summed E-state index contributed by atoms with van der Waals surface area (Å²) in [7, 11) is 1.18. The number of carbonyl (C=O) groups is 1. The van der Waals surface area contributed by atoms with E-state index in [0.29, 0.717) is 0 Å². The molecule has 0 aliphatic rings. The third-order valence-corrected chi connectivity index (χ3v) is 2.52. The molecule has 1 heterocycles. The molecule has 0 atom stereocenters. The number of aromatic nitrogens is 1. The van der Waals surface area contributed by atoms with E-state index in [1.807, 2.05) is 0 Å². The fourth-order valence-corrected chi connectivity index (χ4v) is 1.71.